The van der Waals surface area contributed by atoms with Crippen molar-refractivity contribution in [3.8, 4) is 5.75 Å². The van der Waals surface area contributed by atoms with Gasteiger partial charge in [0.1, 0.15) is 11.5 Å². The molecule has 1 aliphatic carbocycles. The van der Waals surface area contributed by atoms with Gasteiger partial charge in [0.2, 0.25) is 5.91 Å². The van der Waals surface area contributed by atoms with Crippen LogP contribution in [-0.2, 0) is 24.5 Å². The van der Waals surface area contributed by atoms with Gasteiger partial charge in [0.25, 0.3) is 0 Å². The zero-order valence-corrected chi connectivity index (χ0v) is 17.5. The third-order valence-corrected chi connectivity index (χ3v) is 5.95. The quantitative estimate of drug-likeness (QED) is 0.545. The number of halogens is 2. The summed E-state index contributed by atoms with van der Waals surface area (Å²) in [5, 5.41) is 5.59. The SMILES string of the molecule is CCOC(=O)C(=O)Nc1cc(Cl)c(OC2CCC23C(=O)Nc2ccccc23)c(Cl)c1. The molecule has 1 aliphatic heterocycles. The third kappa shape index (κ3) is 3.28. The first-order valence-corrected chi connectivity index (χ1v) is 10.2. The summed E-state index contributed by atoms with van der Waals surface area (Å²) in [6, 6.07) is 10.4. The average Bonchev–Trinajstić information content (AvgIpc) is 3.00. The Kier molecular flexibility index (Phi) is 5.34. The molecule has 30 heavy (non-hydrogen) atoms. The molecule has 0 saturated heterocycles. The van der Waals surface area contributed by atoms with Crippen LogP contribution in [0.15, 0.2) is 36.4 Å². The minimum atomic E-state index is -1.01. The first kappa shape index (κ1) is 20.5. The highest BCUT2D eigenvalue weighted by atomic mass is 35.5. The van der Waals surface area contributed by atoms with Crippen LogP contribution < -0.4 is 15.4 Å². The molecule has 9 heteroatoms. The molecule has 156 valence electrons. The summed E-state index contributed by atoms with van der Waals surface area (Å²) < 4.78 is 10.7. The van der Waals surface area contributed by atoms with Gasteiger partial charge >= 0.3 is 11.9 Å². The van der Waals surface area contributed by atoms with Crippen LogP contribution in [-0.4, -0.2) is 30.5 Å². The van der Waals surface area contributed by atoms with Gasteiger partial charge in [-0.05, 0) is 43.5 Å². The van der Waals surface area contributed by atoms with Gasteiger partial charge < -0.3 is 20.1 Å². The van der Waals surface area contributed by atoms with E-state index in [2.05, 4.69) is 15.4 Å². The normalized spacial score (nSPS) is 21.4. The smallest absolute Gasteiger partial charge is 0.397 e. The van der Waals surface area contributed by atoms with Crippen LogP contribution >= 0.6 is 23.2 Å². The number of para-hydroxylation sites is 1. The second-order valence-electron chi connectivity index (χ2n) is 7.06. The lowest BCUT2D eigenvalue weighted by atomic mass is 9.62. The third-order valence-electron chi connectivity index (χ3n) is 5.39. The van der Waals surface area contributed by atoms with E-state index in [9.17, 15) is 14.4 Å². The van der Waals surface area contributed by atoms with Gasteiger partial charge in [0, 0.05) is 11.4 Å². The highest BCUT2D eigenvalue weighted by Gasteiger charge is 2.59. The van der Waals surface area contributed by atoms with Crippen molar-refractivity contribution in [1.29, 1.82) is 0 Å². The molecular weight excluding hydrogens is 431 g/mol. The summed E-state index contributed by atoms with van der Waals surface area (Å²) in [5.74, 6) is -1.83. The first-order chi connectivity index (χ1) is 14.4. The minimum Gasteiger partial charge on any atom is -0.486 e. The fourth-order valence-electron chi connectivity index (χ4n) is 3.88. The monoisotopic (exact) mass is 448 g/mol. The fourth-order valence-corrected chi connectivity index (χ4v) is 4.46. The molecule has 7 nitrogen and oxygen atoms in total. The number of esters is 1. The summed E-state index contributed by atoms with van der Waals surface area (Å²) in [6.07, 6.45) is 0.884. The van der Waals surface area contributed by atoms with Gasteiger partial charge in [-0.25, -0.2) is 4.79 Å². The summed E-state index contributed by atoms with van der Waals surface area (Å²) in [5.41, 5.74) is 1.13. The van der Waals surface area contributed by atoms with E-state index in [4.69, 9.17) is 27.9 Å². The van der Waals surface area contributed by atoms with Gasteiger partial charge in [-0.1, -0.05) is 41.4 Å². The molecule has 1 spiro atoms. The van der Waals surface area contributed by atoms with E-state index in [1.54, 1.807) is 6.92 Å². The zero-order valence-electron chi connectivity index (χ0n) is 16.0. The van der Waals surface area contributed by atoms with Gasteiger partial charge in [0.05, 0.1) is 16.7 Å². The summed E-state index contributed by atoms with van der Waals surface area (Å²) >= 11 is 12.7. The van der Waals surface area contributed by atoms with Crippen LogP contribution in [0.25, 0.3) is 0 Å². The van der Waals surface area contributed by atoms with Crippen molar-refractivity contribution < 1.29 is 23.9 Å². The minimum absolute atomic E-state index is 0.0837. The van der Waals surface area contributed by atoms with Crippen molar-refractivity contribution in [3.63, 3.8) is 0 Å². The number of hydrogen-bond donors (Lipinski definition) is 2. The van der Waals surface area contributed by atoms with Crippen LogP contribution in [0, 0.1) is 0 Å². The maximum atomic E-state index is 12.7. The van der Waals surface area contributed by atoms with Crippen molar-refractivity contribution in [2.75, 3.05) is 17.2 Å². The maximum Gasteiger partial charge on any atom is 0.397 e. The van der Waals surface area contributed by atoms with Crippen LogP contribution in [0.1, 0.15) is 25.3 Å². The number of amides is 2. The van der Waals surface area contributed by atoms with Crippen LogP contribution in [0.5, 0.6) is 5.75 Å². The highest BCUT2D eigenvalue weighted by Crippen LogP contribution is 2.53. The molecule has 1 fully saturated rings. The van der Waals surface area contributed by atoms with Gasteiger partial charge in [-0.2, -0.15) is 0 Å². The highest BCUT2D eigenvalue weighted by molar-refractivity contribution is 6.39. The molecule has 2 aromatic carbocycles. The number of nitrogens with one attached hydrogen (secondary N) is 2. The lowest BCUT2D eigenvalue weighted by Gasteiger charge is -2.44. The van der Waals surface area contributed by atoms with Crippen molar-refractivity contribution in [2.45, 2.75) is 31.3 Å². The van der Waals surface area contributed by atoms with E-state index in [1.807, 2.05) is 24.3 Å². The molecule has 1 saturated carbocycles. The molecule has 2 aromatic rings. The van der Waals surface area contributed by atoms with Gasteiger partial charge in [-0.15, -0.1) is 0 Å². The number of ether oxygens (including phenoxy) is 2. The molecule has 2 N–H and O–H groups in total. The van der Waals surface area contributed by atoms with Crippen LogP contribution in [0.2, 0.25) is 10.0 Å². The number of carbonyl (C=O) groups is 3. The average molecular weight is 449 g/mol. The first-order valence-electron chi connectivity index (χ1n) is 9.41. The number of fused-ring (bicyclic) bond motifs is 2. The molecule has 0 radical (unpaired) electrons. The molecule has 0 bridgehead atoms. The Hall–Kier alpha value is -2.77. The Bertz CT molecular complexity index is 1030. The summed E-state index contributed by atoms with van der Waals surface area (Å²) in [7, 11) is 0. The topological polar surface area (TPSA) is 93.7 Å². The van der Waals surface area contributed by atoms with E-state index in [1.165, 1.54) is 12.1 Å². The number of benzene rings is 2. The lowest BCUT2D eigenvalue weighted by molar-refractivity contribution is -0.152. The second kappa shape index (κ2) is 7.81. The molecule has 4 rings (SSSR count). The number of hydrogen-bond acceptors (Lipinski definition) is 5. The molecule has 0 aromatic heterocycles. The Morgan fingerprint density at radius 1 is 1.23 bits per heavy atom. The summed E-state index contributed by atoms with van der Waals surface area (Å²) in [4.78, 5) is 36.1. The summed E-state index contributed by atoms with van der Waals surface area (Å²) in [6.45, 7) is 1.68. The van der Waals surface area contributed by atoms with Crippen LogP contribution in [0.3, 0.4) is 0 Å². The lowest BCUT2D eigenvalue weighted by Crippen LogP contribution is -2.56. The molecule has 2 amide bonds. The zero-order chi connectivity index (χ0) is 21.5. The van der Waals surface area contributed by atoms with Gasteiger partial charge in [0.15, 0.2) is 5.75 Å². The number of carbonyl (C=O) groups excluding carboxylic acids is 3. The molecular formula is C21H18Cl2N2O5. The second-order valence-corrected chi connectivity index (χ2v) is 7.87. The van der Waals surface area contributed by atoms with Crippen molar-refractivity contribution in [2.24, 2.45) is 0 Å². The fraction of sp³-hybridized carbons (Fsp3) is 0.286. The Morgan fingerprint density at radius 3 is 2.57 bits per heavy atom. The molecule has 1 heterocycles. The Balaban J connectivity index is 1.55. The Morgan fingerprint density at radius 2 is 1.93 bits per heavy atom. The largest absolute Gasteiger partial charge is 0.486 e. The van der Waals surface area contributed by atoms with Crippen molar-refractivity contribution in [3.05, 3.63) is 52.0 Å². The van der Waals surface area contributed by atoms with E-state index < -0.39 is 23.4 Å². The van der Waals surface area contributed by atoms with Crippen molar-refractivity contribution >= 4 is 52.4 Å². The maximum absolute atomic E-state index is 12.7. The Labute approximate surface area is 182 Å². The van der Waals surface area contributed by atoms with Crippen LogP contribution in [0.4, 0.5) is 11.4 Å². The number of rotatable bonds is 4. The predicted molar refractivity (Wildman–Crippen MR) is 112 cm³/mol. The predicted octanol–water partition coefficient (Wildman–Crippen LogP) is 3.93. The molecule has 2 aliphatic rings. The van der Waals surface area contributed by atoms with Gasteiger partial charge in [-0.3, -0.25) is 9.59 Å². The van der Waals surface area contributed by atoms with Crippen molar-refractivity contribution in [1.82, 2.24) is 0 Å². The van der Waals surface area contributed by atoms with E-state index in [-0.39, 0.29) is 34.0 Å². The standard InChI is InChI=1S/C21H18Cl2N2O5/c1-2-29-19(27)18(26)24-11-9-13(22)17(14(23)10-11)30-16-7-8-21(16)12-5-3-4-6-15(12)25-20(21)28/h3-6,9-10,16H,2,7-8H2,1H3,(H,24,26)(H,25,28). The molecule has 2 unspecified atom stereocenters. The molecule has 2 atom stereocenters. The van der Waals surface area contributed by atoms with E-state index in [0.29, 0.717) is 12.8 Å². The van der Waals surface area contributed by atoms with E-state index in [0.717, 1.165) is 11.3 Å². The number of anilines is 2. The van der Waals surface area contributed by atoms with E-state index >= 15 is 0 Å².